The van der Waals surface area contributed by atoms with Gasteiger partial charge in [0.2, 0.25) is 0 Å². The van der Waals surface area contributed by atoms with E-state index >= 15 is 0 Å². The van der Waals surface area contributed by atoms with Crippen molar-refractivity contribution in [1.82, 2.24) is 10.2 Å². The van der Waals surface area contributed by atoms with E-state index in [0.717, 1.165) is 4.90 Å². The van der Waals surface area contributed by atoms with E-state index < -0.39 is 29.5 Å². The summed E-state index contributed by atoms with van der Waals surface area (Å²) in [6.45, 7) is 6.36. The van der Waals surface area contributed by atoms with Crippen LogP contribution in [0, 0.1) is 0 Å². The van der Waals surface area contributed by atoms with Crippen LogP contribution in [0.15, 0.2) is 0 Å². The number of rotatable bonds is 1. The zero-order valence-corrected chi connectivity index (χ0v) is 11.7. The van der Waals surface area contributed by atoms with Gasteiger partial charge >= 0.3 is 12.2 Å². The lowest BCUT2D eigenvalue weighted by Gasteiger charge is -2.38. The average Bonchev–Trinajstić information content (AvgIpc) is 2.10. The fraction of sp³-hybridized carbons (Fsp3) is 0.833. The Morgan fingerprint density at radius 1 is 1.47 bits per heavy atom. The fourth-order valence-electron chi connectivity index (χ4n) is 2.09. The highest BCUT2D eigenvalue weighted by Gasteiger charge is 2.39. The molecule has 0 aliphatic carbocycles. The quantitative estimate of drug-likeness (QED) is 0.767. The summed E-state index contributed by atoms with van der Waals surface area (Å²) >= 11 is 0. The molecule has 1 aliphatic rings. The van der Waals surface area contributed by atoms with Crippen molar-refractivity contribution >= 4 is 12.2 Å². The topological polar surface area (TPSA) is 78.9 Å². The van der Waals surface area contributed by atoms with Crippen LogP contribution >= 0.6 is 0 Å². The maximum absolute atomic E-state index is 14.0. The molecule has 0 radical (unpaired) electrons. The van der Waals surface area contributed by atoms with Crippen molar-refractivity contribution in [1.29, 1.82) is 0 Å². The number of carbonyl (C=O) groups excluding carboxylic acids is 1. The molecule has 0 aromatic heterocycles. The Labute approximate surface area is 111 Å². The lowest BCUT2D eigenvalue weighted by molar-refractivity contribution is 0.0256. The number of halogens is 1. The molecule has 2 atom stereocenters. The number of nitrogens with zero attached hydrogens (tertiary/aromatic N) is 1. The summed E-state index contributed by atoms with van der Waals surface area (Å²) in [5.74, 6) is 0. The summed E-state index contributed by atoms with van der Waals surface area (Å²) in [4.78, 5) is 23.5. The smallest absolute Gasteiger partial charge is 0.407 e. The van der Waals surface area contributed by atoms with Crippen molar-refractivity contribution in [2.24, 2.45) is 0 Å². The van der Waals surface area contributed by atoms with Gasteiger partial charge in [0.25, 0.3) is 0 Å². The molecule has 7 heteroatoms. The van der Waals surface area contributed by atoms with Gasteiger partial charge in [-0.3, -0.25) is 0 Å². The highest BCUT2D eigenvalue weighted by molar-refractivity contribution is 5.69. The molecule has 0 bridgehead atoms. The third-order valence-corrected chi connectivity index (χ3v) is 2.62. The zero-order valence-electron chi connectivity index (χ0n) is 11.7. The van der Waals surface area contributed by atoms with Crippen LogP contribution in [-0.4, -0.2) is 52.6 Å². The summed E-state index contributed by atoms with van der Waals surface area (Å²) in [6, 6.07) is -0.588. The lowest BCUT2D eigenvalue weighted by Crippen LogP contribution is -2.57. The monoisotopic (exact) mass is 276 g/mol. The molecule has 0 aromatic carbocycles. The Kier molecular flexibility index (Phi) is 4.27. The predicted octanol–water partition coefficient (Wildman–Crippen LogP) is 1.99. The molecule has 2 N–H and O–H groups in total. The molecule has 1 aliphatic heterocycles. The predicted molar refractivity (Wildman–Crippen MR) is 66.9 cm³/mol. The second-order valence-corrected chi connectivity index (χ2v) is 6.12. The summed E-state index contributed by atoms with van der Waals surface area (Å²) in [5, 5.41) is 11.4. The SMILES string of the molecule is CC(C)(C)OC(=O)N[C@@H]1CN(C(=O)O)C[C@@](C)(F)C1. The number of alkyl halides is 1. The summed E-state index contributed by atoms with van der Waals surface area (Å²) in [7, 11) is 0. The van der Waals surface area contributed by atoms with E-state index in [-0.39, 0.29) is 19.5 Å². The first kappa shape index (κ1) is 15.5. The Hall–Kier alpha value is -1.53. The first-order valence-electron chi connectivity index (χ1n) is 6.15. The van der Waals surface area contributed by atoms with Crippen molar-refractivity contribution < 1.29 is 23.8 Å². The molecule has 0 saturated carbocycles. The van der Waals surface area contributed by atoms with Gasteiger partial charge in [-0.1, -0.05) is 0 Å². The second kappa shape index (κ2) is 5.22. The van der Waals surface area contributed by atoms with Gasteiger partial charge in [-0.2, -0.15) is 0 Å². The van der Waals surface area contributed by atoms with Crippen molar-refractivity contribution in [3.8, 4) is 0 Å². The minimum atomic E-state index is -1.66. The van der Waals surface area contributed by atoms with Crippen LogP contribution in [0.25, 0.3) is 0 Å². The van der Waals surface area contributed by atoms with Crippen LogP contribution in [0.2, 0.25) is 0 Å². The molecule has 0 aromatic rings. The van der Waals surface area contributed by atoms with Gasteiger partial charge in [-0.25, -0.2) is 14.0 Å². The molecule has 1 rings (SSSR count). The highest BCUT2D eigenvalue weighted by Crippen LogP contribution is 2.25. The van der Waals surface area contributed by atoms with Gasteiger partial charge in [-0.15, -0.1) is 0 Å². The fourth-order valence-corrected chi connectivity index (χ4v) is 2.09. The molecular weight excluding hydrogens is 255 g/mol. The number of hydrogen-bond acceptors (Lipinski definition) is 3. The van der Waals surface area contributed by atoms with Crippen LogP contribution in [0.1, 0.15) is 34.1 Å². The van der Waals surface area contributed by atoms with Crippen molar-refractivity contribution in [3.63, 3.8) is 0 Å². The maximum Gasteiger partial charge on any atom is 0.407 e. The number of nitrogens with one attached hydrogen (secondary N) is 1. The van der Waals surface area contributed by atoms with E-state index in [2.05, 4.69) is 5.32 Å². The van der Waals surface area contributed by atoms with Gasteiger partial charge < -0.3 is 20.1 Å². The third-order valence-electron chi connectivity index (χ3n) is 2.62. The van der Waals surface area contributed by atoms with Crippen LogP contribution in [0.4, 0.5) is 14.0 Å². The van der Waals surface area contributed by atoms with Crippen LogP contribution in [0.5, 0.6) is 0 Å². The number of likely N-dealkylation sites (tertiary alicyclic amines) is 1. The number of carbonyl (C=O) groups is 2. The third kappa shape index (κ3) is 5.32. The van der Waals surface area contributed by atoms with Crippen molar-refractivity contribution in [2.45, 2.75) is 51.4 Å². The summed E-state index contributed by atoms with van der Waals surface area (Å²) < 4.78 is 19.1. The van der Waals surface area contributed by atoms with Gasteiger partial charge in [0, 0.05) is 13.0 Å². The number of carboxylic acid groups (broad SMARTS) is 1. The van der Waals surface area contributed by atoms with E-state index in [9.17, 15) is 14.0 Å². The van der Waals surface area contributed by atoms with Gasteiger partial charge in [0.05, 0.1) is 12.6 Å². The molecule has 0 unspecified atom stereocenters. The summed E-state index contributed by atoms with van der Waals surface area (Å²) in [5.41, 5.74) is -2.30. The molecule has 110 valence electrons. The van der Waals surface area contributed by atoms with Gasteiger partial charge in [0.1, 0.15) is 11.3 Å². The molecule has 1 saturated heterocycles. The van der Waals surface area contributed by atoms with Crippen molar-refractivity contribution in [3.05, 3.63) is 0 Å². The Morgan fingerprint density at radius 3 is 2.53 bits per heavy atom. The number of alkyl carbamates (subject to hydrolysis) is 1. The number of amides is 2. The van der Waals surface area contributed by atoms with Crippen molar-refractivity contribution in [2.75, 3.05) is 13.1 Å². The van der Waals surface area contributed by atoms with E-state index in [0.29, 0.717) is 0 Å². The standard InChI is InChI=1S/C12H21FN2O4/c1-11(2,3)19-9(16)14-8-5-12(4,13)7-15(6-8)10(17)18/h8H,5-7H2,1-4H3,(H,14,16)(H,17,18)/t8-,12-/m0/s1. The zero-order chi connectivity index (χ0) is 14.8. The van der Waals surface area contributed by atoms with Gasteiger partial charge in [0.15, 0.2) is 0 Å². The van der Waals surface area contributed by atoms with E-state index in [1.165, 1.54) is 6.92 Å². The van der Waals surface area contributed by atoms with Crippen LogP contribution < -0.4 is 5.32 Å². The number of piperidine rings is 1. The first-order valence-corrected chi connectivity index (χ1v) is 6.15. The summed E-state index contributed by atoms with van der Waals surface area (Å²) in [6.07, 6.45) is -1.80. The first-order chi connectivity index (χ1) is 8.48. The van der Waals surface area contributed by atoms with Gasteiger partial charge in [-0.05, 0) is 27.7 Å². The minimum absolute atomic E-state index is 0.0636. The molecule has 1 fully saturated rings. The molecule has 1 heterocycles. The molecular formula is C12H21FN2O4. The van der Waals surface area contributed by atoms with E-state index in [1.54, 1.807) is 20.8 Å². The van der Waals surface area contributed by atoms with E-state index in [4.69, 9.17) is 9.84 Å². The van der Waals surface area contributed by atoms with E-state index in [1.807, 2.05) is 0 Å². The Bertz CT molecular complexity index is 365. The Morgan fingerprint density at radius 2 is 2.05 bits per heavy atom. The molecule has 6 nitrogen and oxygen atoms in total. The normalized spacial score (nSPS) is 27.8. The largest absolute Gasteiger partial charge is 0.465 e. The lowest BCUT2D eigenvalue weighted by atomic mass is 9.93. The maximum atomic E-state index is 14.0. The number of ether oxygens (including phenoxy) is 1. The Balaban J connectivity index is 2.62. The van der Waals surface area contributed by atoms with Crippen LogP contribution in [0.3, 0.4) is 0 Å². The average molecular weight is 276 g/mol. The van der Waals surface area contributed by atoms with Crippen LogP contribution in [-0.2, 0) is 4.74 Å². The minimum Gasteiger partial charge on any atom is -0.465 e. The highest BCUT2D eigenvalue weighted by atomic mass is 19.1. The molecule has 0 spiro atoms. The molecule has 2 amide bonds. The second-order valence-electron chi connectivity index (χ2n) is 6.12. The molecule has 19 heavy (non-hydrogen) atoms. The number of hydrogen-bond donors (Lipinski definition) is 2.